The van der Waals surface area contributed by atoms with Gasteiger partial charge in [0.2, 0.25) is 0 Å². The number of aromatic nitrogens is 4. The summed E-state index contributed by atoms with van der Waals surface area (Å²) in [6.07, 6.45) is 0.794. The highest BCUT2D eigenvalue weighted by atomic mass is 16.2. The van der Waals surface area contributed by atoms with Crippen molar-refractivity contribution < 1.29 is 4.79 Å². The molecule has 0 spiro atoms. The maximum Gasteiger partial charge on any atom is 0.317 e. The van der Waals surface area contributed by atoms with Gasteiger partial charge in [-0.3, -0.25) is 0 Å². The molecule has 0 radical (unpaired) electrons. The minimum Gasteiger partial charge on any atom is -0.352 e. The lowest BCUT2D eigenvalue weighted by molar-refractivity contribution is 0.195. The van der Waals surface area contributed by atoms with Gasteiger partial charge in [0.15, 0.2) is 11.5 Å². The van der Waals surface area contributed by atoms with Crippen LogP contribution in [0.15, 0.2) is 12.1 Å². The quantitative estimate of drug-likeness (QED) is 0.895. The molecule has 1 N–H and O–H groups in total. The number of aryl methyl sites for hydroxylation is 1. The van der Waals surface area contributed by atoms with Crippen LogP contribution in [0.1, 0.15) is 19.7 Å². The van der Waals surface area contributed by atoms with Gasteiger partial charge < -0.3 is 15.1 Å². The number of nitrogens with zero attached hydrogens (tertiary/aromatic N) is 6. The van der Waals surface area contributed by atoms with Crippen LogP contribution in [0.5, 0.6) is 0 Å². The molecule has 3 rings (SSSR count). The lowest BCUT2D eigenvalue weighted by Gasteiger charge is -2.35. The van der Waals surface area contributed by atoms with Gasteiger partial charge in [-0.05, 0) is 19.1 Å². The summed E-state index contributed by atoms with van der Waals surface area (Å²) >= 11 is 0. The molecule has 8 heteroatoms. The lowest BCUT2D eigenvalue weighted by atomic mass is 10.3. The average molecular weight is 303 g/mol. The van der Waals surface area contributed by atoms with Crippen molar-refractivity contribution in [2.75, 3.05) is 37.6 Å². The highest BCUT2D eigenvalue weighted by Crippen LogP contribution is 2.15. The zero-order valence-electron chi connectivity index (χ0n) is 13.0. The molecule has 1 aliphatic heterocycles. The molecule has 0 bridgehead atoms. The van der Waals surface area contributed by atoms with E-state index >= 15 is 0 Å². The standard InChI is InChI=1S/C14H21N7O/c1-3-11-16-17-12-5-6-13(18-21(11)12)19-7-9-20(10-8-19)14(22)15-4-2/h5-6H,3-4,7-10H2,1-2H3,(H,15,22). The van der Waals surface area contributed by atoms with E-state index in [-0.39, 0.29) is 6.03 Å². The molecule has 2 aromatic rings. The molecular weight excluding hydrogens is 282 g/mol. The van der Waals surface area contributed by atoms with E-state index in [4.69, 9.17) is 0 Å². The number of hydrogen-bond donors (Lipinski definition) is 1. The molecule has 3 heterocycles. The predicted molar refractivity (Wildman–Crippen MR) is 83.0 cm³/mol. The molecular formula is C14H21N7O. The largest absolute Gasteiger partial charge is 0.352 e. The van der Waals surface area contributed by atoms with Gasteiger partial charge in [0, 0.05) is 39.1 Å². The molecule has 1 aliphatic rings. The second-order valence-corrected chi connectivity index (χ2v) is 5.24. The Balaban J connectivity index is 1.72. The van der Waals surface area contributed by atoms with E-state index in [0.29, 0.717) is 19.6 Å². The minimum absolute atomic E-state index is 0.0117. The van der Waals surface area contributed by atoms with Crippen molar-refractivity contribution in [2.45, 2.75) is 20.3 Å². The van der Waals surface area contributed by atoms with Gasteiger partial charge in [0.05, 0.1) is 0 Å². The number of anilines is 1. The normalized spacial score (nSPS) is 15.4. The number of hydrogen-bond acceptors (Lipinski definition) is 5. The smallest absolute Gasteiger partial charge is 0.317 e. The van der Waals surface area contributed by atoms with Crippen LogP contribution in [0, 0.1) is 0 Å². The van der Waals surface area contributed by atoms with Crippen molar-refractivity contribution in [3.8, 4) is 0 Å². The molecule has 0 atom stereocenters. The maximum atomic E-state index is 11.8. The molecule has 0 saturated carbocycles. The lowest BCUT2D eigenvalue weighted by Crippen LogP contribution is -2.52. The molecule has 0 unspecified atom stereocenters. The summed E-state index contributed by atoms with van der Waals surface area (Å²) in [6, 6.07) is 3.91. The highest BCUT2D eigenvalue weighted by molar-refractivity contribution is 5.74. The SMILES string of the molecule is CCNC(=O)N1CCN(c2ccc3nnc(CC)n3n2)CC1. The number of fused-ring (bicyclic) bond motifs is 1. The number of urea groups is 1. The second-order valence-electron chi connectivity index (χ2n) is 5.24. The zero-order chi connectivity index (χ0) is 15.5. The number of piperazine rings is 1. The molecule has 0 aliphatic carbocycles. The topological polar surface area (TPSA) is 78.7 Å². The van der Waals surface area contributed by atoms with E-state index in [2.05, 4.69) is 25.5 Å². The third kappa shape index (κ3) is 2.68. The van der Waals surface area contributed by atoms with E-state index in [0.717, 1.165) is 36.8 Å². The first kappa shape index (κ1) is 14.6. The van der Waals surface area contributed by atoms with Gasteiger partial charge in [0.25, 0.3) is 0 Å². The monoisotopic (exact) mass is 303 g/mol. The first-order valence-electron chi connectivity index (χ1n) is 7.72. The van der Waals surface area contributed by atoms with E-state index < -0.39 is 0 Å². The average Bonchev–Trinajstić information content (AvgIpc) is 2.97. The van der Waals surface area contributed by atoms with Crippen molar-refractivity contribution in [1.82, 2.24) is 30.0 Å². The number of carbonyl (C=O) groups excluding carboxylic acids is 1. The molecule has 118 valence electrons. The summed E-state index contributed by atoms with van der Waals surface area (Å²) in [5, 5.41) is 15.7. The second kappa shape index (κ2) is 6.17. The van der Waals surface area contributed by atoms with E-state index in [9.17, 15) is 4.79 Å². The van der Waals surface area contributed by atoms with E-state index in [1.165, 1.54) is 0 Å². The third-order valence-electron chi connectivity index (χ3n) is 3.85. The highest BCUT2D eigenvalue weighted by Gasteiger charge is 2.22. The zero-order valence-corrected chi connectivity index (χ0v) is 13.0. The Morgan fingerprint density at radius 1 is 1.18 bits per heavy atom. The van der Waals surface area contributed by atoms with Crippen LogP contribution in [0.2, 0.25) is 0 Å². The Morgan fingerprint density at radius 2 is 1.95 bits per heavy atom. The first-order valence-corrected chi connectivity index (χ1v) is 7.72. The van der Waals surface area contributed by atoms with Crippen molar-refractivity contribution in [3.63, 3.8) is 0 Å². The van der Waals surface area contributed by atoms with Crippen LogP contribution in [0.3, 0.4) is 0 Å². The molecule has 8 nitrogen and oxygen atoms in total. The first-order chi connectivity index (χ1) is 10.7. The Labute approximate surface area is 129 Å². The Kier molecular flexibility index (Phi) is 4.08. The Morgan fingerprint density at radius 3 is 2.64 bits per heavy atom. The van der Waals surface area contributed by atoms with Crippen LogP contribution in [0.4, 0.5) is 10.6 Å². The Bertz CT molecular complexity index is 660. The van der Waals surface area contributed by atoms with Crippen molar-refractivity contribution in [1.29, 1.82) is 0 Å². The van der Waals surface area contributed by atoms with Crippen LogP contribution in [0.25, 0.3) is 5.65 Å². The summed E-state index contributed by atoms with van der Waals surface area (Å²) in [7, 11) is 0. The van der Waals surface area contributed by atoms with Crippen LogP contribution >= 0.6 is 0 Å². The molecule has 1 fully saturated rings. The van der Waals surface area contributed by atoms with Crippen LogP contribution in [-0.2, 0) is 6.42 Å². The summed E-state index contributed by atoms with van der Waals surface area (Å²) < 4.78 is 1.80. The molecule has 0 aromatic carbocycles. The van der Waals surface area contributed by atoms with Gasteiger partial charge in [-0.1, -0.05) is 6.92 Å². The predicted octanol–water partition coefficient (Wildman–Crippen LogP) is 0.538. The number of rotatable bonds is 3. The van der Waals surface area contributed by atoms with E-state index in [1.54, 1.807) is 4.52 Å². The molecule has 2 aromatic heterocycles. The fraction of sp³-hybridized carbons (Fsp3) is 0.571. The Hall–Kier alpha value is -2.38. The van der Waals surface area contributed by atoms with Crippen molar-refractivity contribution in [3.05, 3.63) is 18.0 Å². The number of carbonyl (C=O) groups is 1. The minimum atomic E-state index is 0.0117. The summed E-state index contributed by atoms with van der Waals surface area (Å²) in [5.41, 5.74) is 0.765. The summed E-state index contributed by atoms with van der Waals surface area (Å²) in [4.78, 5) is 15.9. The third-order valence-corrected chi connectivity index (χ3v) is 3.85. The number of amides is 2. The van der Waals surface area contributed by atoms with Crippen LogP contribution in [-0.4, -0.2) is 63.5 Å². The van der Waals surface area contributed by atoms with Gasteiger partial charge in [-0.25, -0.2) is 4.79 Å². The fourth-order valence-corrected chi connectivity index (χ4v) is 2.61. The summed E-state index contributed by atoms with van der Waals surface area (Å²) in [5.74, 6) is 1.76. The molecule has 2 amide bonds. The van der Waals surface area contributed by atoms with Gasteiger partial charge in [-0.15, -0.1) is 15.3 Å². The number of nitrogens with one attached hydrogen (secondary N) is 1. The van der Waals surface area contributed by atoms with Gasteiger partial charge >= 0.3 is 6.03 Å². The van der Waals surface area contributed by atoms with E-state index in [1.807, 2.05) is 30.9 Å². The van der Waals surface area contributed by atoms with Gasteiger partial charge in [0.1, 0.15) is 5.82 Å². The molecule has 1 saturated heterocycles. The van der Waals surface area contributed by atoms with Crippen molar-refractivity contribution >= 4 is 17.5 Å². The van der Waals surface area contributed by atoms with Crippen LogP contribution < -0.4 is 10.2 Å². The van der Waals surface area contributed by atoms with Gasteiger partial charge in [-0.2, -0.15) is 4.52 Å². The van der Waals surface area contributed by atoms with Crippen molar-refractivity contribution in [2.24, 2.45) is 0 Å². The molecule has 22 heavy (non-hydrogen) atoms. The fourth-order valence-electron chi connectivity index (χ4n) is 2.61. The maximum absolute atomic E-state index is 11.8. The summed E-state index contributed by atoms with van der Waals surface area (Å²) in [6.45, 7) is 7.58.